The van der Waals surface area contributed by atoms with Crippen LogP contribution < -0.4 is 4.74 Å². The summed E-state index contributed by atoms with van der Waals surface area (Å²) in [6.07, 6.45) is 0. The third-order valence-electron chi connectivity index (χ3n) is 4.50. The van der Waals surface area contributed by atoms with E-state index in [1.807, 2.05) is 36.5 Å². The fourth-order valence-corrected chi connectivity index (χ4v) is 3.91. The van der Waals surface area contributed by atoms with Crippen molar-refractivity contribution in [1.82, 2.24) is 9.80 Å². The maximum atomic E-state index is 12.8. The number of thiophene rings is 1. The predicted molar refractivity (Wildman–Crippen MR) is 105 cm³/mol. The number of carbonyl (C=O) groups excluding carboxylic acids is 2. The Morgan fingerprint density at radius 2 is 1.93 bits per heavy atom. The Balaban J connectivity index is 2.07. The third-order valence-corrected chi connectivity index (χ3v) is 5.43. The highest BCUT2D eigenvalue weighted by atomic mass is 32.1. The summed E-state index contributed by atoms with van der Waals surface area (Å²) in [7, 11) is 5.38. The number of ketones is 1. The molecule has 1 N–H and O–H groups in total. The molecule has 1 amide bonds. The Kier molecular flexibility index (Phi) is 5.62. The first kappa shape index (κ1) is 19.1. The number of likely N-dealkylation sites (N-methyl/N-ethyl adjacent to an activating group) is 1. The lowest BCUT2D eigenvalue weighted by Gasteiger charge is -2.25. The van der Waals surface area contributed by atoms with Crippen molar-refractivity contribution < 1.29 is 19.4 Å². The minimum Gasteiger partial charge on any atom is -0.507 e. The number of aliphatic hydroxyl groups is 1. The lowest BCUT2D eigenvalue weighted by Crippen LogP contribution is -2.35. The molecular weight excluding hydrogens is 364 g/mol. The number of Topliss-reactive ketones (excluding diaryl/α,β-unsaturated/α-hetero) is 1. The van der Waals surface area contributed by atoms with E-state index < -0.39 is 17.7 Å². The number of carbonyl (C=O) groups is 2. The number of hydrogen-bond donors (Lipinski definition) is 1. The highest BCUT2D eigenvalue weighted by Crippen LogP contribution is 2.40. The van der Waals surface area contributed by atoms with Crippen LogP contribution in [0.5, 0.6) is 5.75 Å². The molecule has 0 radical (unpaired) electrons. The summed E-state index contributed by atoms with van der Waals surface area (Å²) in [4.78, 5) is 29.8. The second-order valence-corrected chi connectivity index (χ2v) is 7.52. The first-order chi connectivity index (χ1) is 12.9. The van der Waals surface area contributed by atoms with Crippen LogP contribution >= 0.6 is 11.3 Å². The monoisotopic (exact) mass is 386 g/mol. The van der Waals surface area contributed by atoms with E-state index in [-0.39, 0.29) is 11.3 Å². The summed E-state index contributed by atoms with van der Waals surface area (Å²) < 4.78 is 5.13. The van der Waals surface area contributed by atoms with Gasteiger partial charge in [-0.15, -0.1) is 11.3 Å². The van der Waals surface area contributed by atoms with Crippen LogP contribution in [-0.2, 0) is 9.59 Å². The van der Waals surface area contributed by atoms with Crippen molar-refractivity contribution >= 4 is 28.8 Å². The molecule has 1 aromatic heterocycles. The second-order valence-electron chi connectivity index (χ2n) is 6.54. The number of amides is 1. The van der Waals surface area contributed by atoms with Gasteiger partial charge < -0.3 is 19.6 Å². The van der Waals surface area contributed by atoms with Crippen LogP contribution in [0.15, 0.2) is 47.4 Å². The zero-order valence-corrected chi connectivity index (χ0v) is 16.3. The van der Waals surface area contributed by atoms with Gasteiger partial charge in [0.05, 0.1) is 18.7 Å². The molecule has 0 bridgehead atoms. The van der Waals surface area contributed by atoms with Gasteiger partial charge in [-0.25, -0.2) is 0 Å². The summed E-state index contributed by atoms with van der Waals surface area (Å²) in [5, 5.41) is 12.8. The Hall–Kier alpha value is -2.64. The largest absolute Gasteiger partial charge is 0.507 e. The Bertz CT molecular complexity index is 857. The zero-order chi connectivity index (χ0) is 19.6. The van der Waals surface area contributed by atoms with Gasteiger partial charge in [0.15, 0.2) is 0 Å². The average Bonchev–Trinajstić information content (AvgIpc) is 3.27. The van der Waals surface area contributed by atoms with Gasteiger partial charge >= 0.3 is 0 Å². The van der Waals surface area contributed by atoms with Crippen LogP contribution in [0.3, 0.4) is 0 Å². The van der Waals surface area contributed by atoms with Crippen molar-refractivity contribution in [2.75, 3.05) is 34.3 Å². The molecule has 1 aromatic carbocycles. The van der Waals surface area contributed by atoms with Crippen molar-refractivity contribution in [2.24, 2.45) is 0 Å². The van der Waals surface area contributed by atoms with Crippen LogP contribution in [0.4, 0.5) is 0 Å². The maximum Gasteiger partial charge on any atom is 0.295 e. The summed E-state index contributed by atoms with van der Waals surface area (Å²) in [6.45, 7) is 1.02. The predicted octanol–water partition coefficient (Wildman–Crippen LogP) is 2.74. The van der Waals surface area contributed by atoms with E-state index in [0.29, 0.717) is 24.4 Å². The molecule has 3 rings (SSSR count). The molecule has 1 fully saturated rings. The molecule has 1 atom stereocenters. The molecule has 7 heteroatoms. The van der Waals surface area contributed by atoms with Crippen LogP contribution in [-0.4, -0.2) is 60.9 Å². The smallest absolute Gasteiger partial charge is 0.295 e. The molecule has 2 heterocycles. The summed E-state index contributed by atoms with van der Waals surface area (Å²) in [6, 6.07) is 9.94. The lowest BCUT2D eigenvalue weighted by molar-refractivity contribution is -0.140. The Morgan fingerprint density at radius 1 is 1.22 bits per heavy atom. The fourth-order valence-electron chi connectivity index (χ4n) is 3.07. The molecule has 6 nitrogen and oxygen atoms in total. The Labute approximate surface area is 162 Å². The van der Waals surface area contributed by atoms with Crippen LogP contribution in [0.2, 0.25) is 0 Å². The minimum absolute atomic E-state index is 0.131. The van der Waals surface area contributed by atoms with Crippen LogP contribution in [0.1, 0.15) is 16.5 Å². The van der Waals surface area contributed by atoms with E-state index in [9.17, 15) is 14.7 Å². The van der Waals surface area contributed by atoms with Gasteiger partial charge in [0.2, 0.25) is 0 Å². The van der Waals surface area contributed by atoms with E-state index in [4.69, 9.17) is 4.74 Å². The normalized spacial score (nSPS) is 19.1. The SMILES string of the molecule is COc1ccc(/C(O)=C2/C(=O)C(=O)N(CCN(C)C)C2c2cccs2)cc1. The van der Waals surface area contributed by atoms with Crippen LogP contribution in [0, 0.1) is 0 Å². The van der Waals surface area contributed by atoms with E-state index in [1.54, 1.807) is 36.3 Å². The van der Waals surface area contributed by atoms with Gasteiger partial charge in [-0.05, 0) is 49.8 Å². The summed E-state index contributed by atoms with van der Waals surface area (Å²) in [5.74, 6) is -0.750. The number of benzene rings is 1. The van der Waals surface area contributed by atoms with Gasteiger partial charge in [-0.2, -0.15) is 0 Å². The number of methoxy groups -OCH3 is 1. The molecule has 1 aliphatic rings. The number of rotatable bonds is 6. The summed E-state index contributed by atoms with van der Waals surface area (Å²) in [5.41, 5.74) is 0.606. The Morgan fingerprint density at radius 3 is 2.48 bits per heavy atom. The molecule has 0 saturated carbocycles. The highest BCUT2D eigenvalue weighted by molar-refractivity contribution is 7.10. The first-order valence-corrected chi connectivity index (χ1v) is 9.43. The van der Waals surface area contributed by atoms with Crippen molar-refractivity contribution in [1.29, 1.82) is 0 Å². The summed E-state index contributed by atoms with van der Waals surface area (Å²) >= 11 is 1.46. The standard InChI is InChI=1S/C20H22N2O4S/c1-21(2)10-11-22-17(15-5-4-12-27-15)16(19(24)20(22)25)18(23)13-6-8-14(26-3)9-7-13/h4-9,12,17,23H,10-11H2,1-3H3/b18-16-. The highest BCUT2D eigenvalue weighted by Gasteiger charge is 2.46. The van der Waals surface area contributed by atoms with Crippen molar-refractivity contribution in [3.8, 4) is 5.75 Å². The van der Waals surface area contributed by atoms with Gasteiger partial charge in [-0.1, -0.05) is 6.07 Å². The minimum atomic E-state index is -0.652. The third kappa shape index (κ3) is 3.74. The topological polar surface area (TPSA) is 70.1 Å². The molecule has 0 aliphatic carbocycles. The number of ether oxygens (including phenoxy) is 1. The van der Waals surface area contributed by atoms with E-state index >= 15 is 0 Å². The molecule has 1 saturated heterocycles. The quantitative estimate of drug-likeness (QED) is 0.470. The molecule has 27 heavy (non-hydrogen) atoms. The van der Waals surface area contributed by atoms with Gasteiger partial charge in [0.1, 0.15) is 11.5 Å². The maximum absolute atomic E-state index is 12.8. The first-order valence-electron chi connectivity index (χ1n) is 8.55. The number of nitrogens with zero attached hydrogens (tertiary/aromatic N) is 2. The number of likely N-dealkylation sites (tertiary alicyclic amines) is 1. The van der Waals surface area contributed by atoms with E-state index in [1.165, 1.54) is 11.3 Å². The van der Waals surface area contributed by atoms with E-state index in [0.717, 1.165) is 4.88 Å². The molecule has 142 valence electrons. The van der Waals surface area contributed by atoms with Crippen molar-refractivity contribution in [3.63, 3.8) is 0 Å². The van der Waals surface area contributed by atoms with Crippen molar-refractivity contribution in [2.45, 2.75) is 6.04 Å². The fraction of sp³-hybridized carbons (Fsp3) is 0.300. The molecule has 2 aromatic rings. The van der Waals surface area contributed by atoms with Crippen molar-refractivity contribution in [3.05, 3.63) is 57.8 Å². The molecule has 1 unspecified atom stereocenters. The molecule has 1 aliphatic heterocycles. The number of aliphatic hydroxyl groups excluding tert-OH is 1. The second kappa shape index (κ2) is 7.94. The van der Waals surface area contributed by atoms with Crippen LogP contribution in [0.25, 0.3) is 5.76 Å². The van der Waals surface area contributed by atoms with E-state index in [2.05, 4.69) is 0 Å². The molecular formula is C20H22N2O4S. The lowest BCUT2D eigenvalue weighted by atomic mass is 10.00. The van der Waals surface area contributed by atoms with Gasteiger partial charge in [-0.3, -0.25) is 9.59 Å². The molecule has 0 spiro atoms. The van der Waals surface area contributed by atoms with Gasteiger partial charge in [0, 0.05) is 23.5 Å². The average molecular weight is 386 g/mol. The zero-order valence-electron chi connectivity index (χ0n) is 15.5. The number of hydrogen-bond acceptors (Lipinski definition) is 6. The van der Waals surface area contributed by atoms with Gasteiger partial charge in [0.25, 0.3) is 11.7 Å².